The van der Waals surface area contributed by atoms with Crippen molar-refractivity contribution in [1.29, 1.82) is 0 Å². The van der Waals surface area contributed by atoms with Crippen LogP contribution in [0, 0.1) is 19.8 Å². The zero-order valence-electron chi connectivity index (χ0n) is 18.1. The summed E-state index contributed by atoms with van der Waals surface area (Å²) in [7, 11) is 4.11. The van der Waals surface area contributed by atoms with Gasteiger partial charge >= 0.3 is 0 Å². The third kappa shape index (κ3) is 5.83. The fraction of sp³-hybridized carbons (Fsp3) is 0.480. The normalized spacial score (nSPS) is 15.9. The van der Waals surface area contributed by atoms with E-state index >= 15 is 0 Å². The molecule has 0 aromatic heterocycles. The predicted molar refractivity (Wildman–Crippen MR) is 118 cm³/mol. The first-order chi connectivity index (χ1) is 13.8. The van der Waals surface area contributed by atoms with Gasteiger partial charge in [-0.05, 0) is 93.4 Å². The van der Waals surface area contributed by atoms with Gasteiger partial charge in [0.25, 0.3) is 0 Å². The molecule has 1 aliphatic carbocycles. The Hall–Kier alpha value is -2.33. The maximum Gasteiger partial charge on any atom is 0.220 e. The second-order valence-corrected chi connectivity index (χ2v) is 8.74. The smallest absolute Gasteiger partial charge is 0.220 e. The van der Waals surface area contributed by atoms with Crippen LogP contribution < -0.4 is 5.32 Å². The zero-order valence-corrected chi connectivity index (χ0v) is 18.1. The lowest BCUT2D eigenvalue weighted by Gasteiger charge is -2.27. The topological polar surface area (TPSA) is 52.6 Å². The Kier molecular flexibility index (Phi) is 6.96. The van der Waals surface area contributed by atoms with Gasteiger partial charge in [0.1, 0.15) is 5.75 Å². The Morgan fingerprint density at radius 1 is 1.14 bits per heavy atom. The van der Waals surface area contributed by atoms with Crippen molar-refractivity contribution in [2.45, 2.75) is 51.5 Å². The van der Waals surface area contributed by atoms with Crippen LogP contribution >= 0.6 is 0 Å². The van der Waals surface area contributed by atoms with E-state index in [2.05, 4.69) is 48.6 Å². The zero-order chi connectivity index (χ0) is 21.0. The van der Waals surface area contributed by atoms with Crippen LogP contribution in [-0.2, 0) is 11.2 Å². The minimum atomic E-state index is 0.136. The largest absolute Gasteiger partial charge is 0.508 e. The van der Waals surface area contributed by atoms with E-state index in [1.54, 1.807) is 0 Å². The second kappa shape index (κ2) is 9.45. The number of hydrogen-bond donors (Lipinski definition) is 2. The third-order valence-electron chi connectivity index (χ3n) is 6.21. The molecule has 1 fully saturated rings. The maximum atomic E-state index is 12.8. The lowest BCUT2D eigenvalue weighted by atomic mass is 9.90. The molecule has 2 aromatic rings. The van der Waals surface area contributed by atoms with Crippen LogP contribution in [0.15, 0.2) is 42.5 Å². The molecule has 2 aromatic carbocycles. The highest BCUT2D eigenvalue weighted by molar-refractivity contribution is 5.77. The lowest BCUT2D eigenvalue weighted by Crippen LogP contribution is -2.42. The number of nitrogens with one attached hydrogen (secondary N) is 1. The van der Waals surface area contributed by atoms with Crippen LogP contribution in [-0.4, -0.2) is 42.6 Å². The summed E-state index contributed by atoms with van der Waals surface area (Å²) >= 11 is 0. The van der Waals surface area contributed by atoms with E-state index in [1.165, 1.54) is 24.0 Å². The third-order valence-corrected chi connectivity index (χ3v) is 6.21. The van der Waals surface area contributed by atoms with Gasteiger partial charge in [-0.3, -0.25) is 4.79 Å². The van der Waals surface area contributed by atoms with Crippen LogP contribution in [0.4, 0.5) is 0 Å². The molecule has 0 radical (unpaired) electrons. The van der Waals surface area contributed by atoms with E-state index in [0.717, 1.165) is 17.5 Å². The monoisotopic (exact) mass is 394 g/mol. The van der Waals surface area contributed by atoms with Gasteiger partial charge in [0.15, 0.2) is 0 Å². The Balaban J connectivity index is 1.61. The first kappa shape index (κ1) is 21.4. The van der Waals surface area contributed by atoms with Crippen LogP contribution in [0.2, 0.25) is 0 Å². The molecule has 1 aliphatic rings. The molecule has 1 saturated carbocycles. The number of carbonyl (C=O) groups excluding carboxylic acids is 1. The Labute approximate surface area is 174 Å². The minimum absolute atomic E-state index is 0.136. The van der Waals surface area contributed by atoms with Crippen LogP contribution in [0.5, 0.6) is 5.75 Å². The molecule has 0 unspecified atom stereocenters. The molecular formula is C25H34N2O2. The van der Waals surface area contributed by atoms with Gasteiger partial charge < -0.3 is 15.3 Å². The Bertz CT molecular complexity index is 805. The molecule has 0 spiro atoms. The highest BCUT2D eigenvalue weighted by Gasteiger charge is 2.33. The molecule has 156 valence electrons. The van der Waals surface area contributed by atoms with Gasteiger partial charge in [0.05, 0.1) is 0 Å². The van der Waals surface area contributed by atoms with E-state index in [-0.39, 0.29) is 11.9 Å². The first-order valence-corrected chi connectivity index (χ1v) is 10.6. The number of phenols is 1. The summed E-state index contributed by atoms with van der Waals surface area (Å²) in [6.45, 7) is 4.69. The number of rotatable bonds is 9. The van der Waals surface area contributed by atoms with E-state index in [9.17, 15) is 9.90 Å². The van der Waals surface area contributed by atoms with Crippen molar-refractivity contribution >= 4 is 5.91 Å². The van der Waals surface area contributed by atoms with E-state index in [0.29, 0.717) is 30.6 Å². The summed E-state index contributed by atoms with van der Waals surface area (Å²) in [4.78, 5) is 14.9. The van der Waals surface area contributed by atoms with Crippen molar-refractivity contribution in [3.05, 3.63) is 64.7 Å². The van der Waals surface area contributed by atoms with E-state index in [1.807, 2.05) is 32.0 Å². The molecular weight excluding hydrogens is 360 g/mol. The molecule has 0 saturated heterocycles. The first-order valence-electron chi connectivity index (χ1n) is 10.6. The number of aryl methyl sites for hydroxylation is 2. The number of likely N-dealkylation sites (N-methyl/N-ethyl adjacent to an activating group) is 1. The van der Waals surface area contributed by atoms with Crippen molar-refractivity contribution in [3.63, 3.8) is 0 Å². The number of nitrogens with zero attached hydrogens (tertiary/aromatic N) is 1. The van der Waals surface area contributed by atoms with E-state index in [4.69, 9.17) is 0 Å². The van der Waals surface area contributed by atoms with Gasteiger partial charge in [-0.25, -0.2) is 0 Å². The highest BCUT2D eigenvalue weighted by Crippen LogP contribution is 2.44. The van der Waals surface area contributed by atoms with Crippen LogP contribution in [0.1, 0.15) is 47.4 Å². The molecule has 2 atom stereocenters. The van der Waals surface area contributed by atoms with Crippen LogP contribution in [0.25, 0.3) is 0 Å². The molecule has 2 N–H and O–H groups in total. The summed E-state index contributed by atoms with van der Waals surface area (Å²) in [5.41, 5.74) is 4.72. The number of hydrogen-bond acceptors (Lipinski definition) is 3. The SMILES string of the molecule is Cc1cc(O)cc(C)c1C[C@@H](CNC(=O)C[C@@H](c1ccccc1)C1CC1)N(C)C. The minimum Gasteiger partial charge on any atom is -0.508 e. The number of amides is 1. The molecule has 1 amide bonds. The van der Waals surface area contributed by atoms with Gasteiger partial charge in [0.2, 0.25) is 5.91 Å². The molecule has 4 nitrogen and oxygen atoms in total. The molecule has 4 heteroatoms. The average molecular weight is 395 g/mol. The van der Waals surface area contributed by atoms with Gasteiger partial charge in [-0.2, -0.15) is 0 Å². The van der Waals surface area contributed by atoms with Crippen molar-refractivity contribution < 1.29 is 9.90 Å². The standard InChI is InChI=1S/C25H34N2O2/c1-17-12-22(28)13-18(2)23(17)14-21(27(3)4)16-26-25(29)15-24(20-10-11-20)19-8-6-5-7-9-19/h5-9,12-13,20-21,24,28H,10-11,14-16H2,1-4H3,(H,26,29)/t21-,24-/m0/s1. The summed E-state index contributed by atoms with van der Waals surface area (Å²) in [5, 5.41) is 13.0. The average Bonchev–Trinajstić information content (AvgIpc) is 3.50. The number of benzene rings is 2. The van der Waals surface area contributed by atoms with Gasteiger partial charge in [-0.15, -0.1) is 0 Å². The summed E-state index contributed by atoms with van der Waals surface area (Å²) < 4.78 is 0. The highest BCUT2D eigenvalue weighted by atomic mass is 16.3. The predicted octanol–water partition coefficient (Wildman–Crippen LogP) is 4.18. The summed E-state index contributed by atoms with van der Waals surface area (Å²) in [6, 6.07) is 14.3. The Morgan fingerprint density at radius 2 is 1.76 bits per heavy atom. The van der Waals surface area contributed by atoms with Crippen molar-refractivity contribution in [2.75, 3.05) is 20.6 Å². The lowest BCUT2D eigenvalue weighted by molar-refractivity contribution is -0.121. The molecule has 29 heavy (non-hydrogen) atoms. The van der Waals surface area contributed by atoms with E-state index < -0.39 is 0 Å². The molecule has 0 bridgehead atoms. The summed E-state index contributed by atoms with van der Waals surface area (Å²) in [5.74, 6) is 1.42. The Morgan fingerprint density at radius 3 is 2.31 bits per heavy atom. The molecule has 0 aliphatic heterocycles. The van der Waals surface area contributed by atoms with Crippen molar-refractivity contribution in [1.82, 2.24) is 10.2 Å². The quantitative estimate of drug-likeness (QED) is 0.671. The molecule has 0 heterocycles. The van der Waals surface area contributed by atoms with Crippen molar-refractivity contribution in [2.24, 2.45) is 5.92 Å². The number of carbonyl (C=O) groups is 1. The fourth-order valence-corrected chi connectivity index (χ4v) is 4.22. The summed E-state index contributed by atoms with van der Waals surface area (Å²) in [6.07, 6.45) is 3.86. The second-order valence-electron chi connectivity index (χ2n) is 8.74. The maximum absolute atomic E-state index is 12.8. The van der Waals surface area contributed by atoms with Crippen LogP contribution in [0.3, 0.4) is 0 Å². The number of phenolic OH excluding ortho intramolecular Hbond substituents is 1. The fourth-order valence-electron chi connectivity index (χ4n) is 4.22. The number of aromatic hydroxyl groups is 1. The van der Waals surface area contributed by atoms with Gasteiger partial charge in [-0.1, -0.05) is 30.3 Å². The van der Waals surface area contributed by atoms with Crippen molar-refractivity contribution in [3.8, 4) is 5.75 Å². The van der Waals surface area contributed by atoms with Gasteiger partial charge in [0, 0.05) is 19.0 Å². The molecule has 3 rings (SSSR count).